The summed E-state index contributed by atoms with van der Waals surface area (Å²) >= 11 is 6.28. The lowest BCUT2D eigenvalue weighted by molar-refractivity contribution is -0.133. The van der Waals surface area contributed by atoms with E-state index in [1.54, 1.807) is 6.07 Å². The van der Waals surface area contributed by atoms with Gasteiger partial charge in [-0.15, -0.1) is 24.8 Å². The largest absolute Gasteiger partial charge is 0.364 e. The molecular weight excluding hydrogens is 361 g/mol. The minimum atomic E-state index is -0.0492. The molecule has 1 aromatic heterocycles. The van der Waals surface area contributed by atoms with Crippen molar-refractivity contribution in [3.8, 4) is 0 Å². The summed E-state index contributed by atoms with van der Waals surface area (Å²) in [4.78, 5) is 14.4. The molecule has 1 unspecified atom stereocenters. The Hall–Kier alpha value is -1.27. The molecule has 0 saturated carbocycles. The number of benzene rings is 1. The van der Waals surface area contributed by atoms with Gasteiger partial charge in [0, 0.05) is 30.7 Å². The molecule has 126 valence electrons. The van der Waals surface area contributed by atoms with Gasteiger partial charge in [-0.05, 0) is 11.6 Å². The van der Waals surface area contributed by atoms with Crippen LogP contribution in [-0.2, 0) is 11.2 Å². The molecule has 1 aliphatic heterocycles. The zero-order valence-corrected chi connectivity index (χ0v) is 14.7. The second kappa shape index (κ2) is 9.13. The van der Waals surface area contributed by atoms with E-state index in [4.69, 9.17) is 16.1 Å². The van der Waals surface area contributed by atoms with E-state index in [0.717, 1.165) is 12.1 Å². The molecule has 1 N–H and O–H groups in total. The van der Waals surface area contributed by atoms with Crippen LogP contribution in [-0.4, -0.2) is 35.6 Å². The number of hydrogen-bond acceptors (Lipinski definition) is 4. The van der Waals surface area contributed by atoms with Gasteiger partial charge in [-0.1, -0.05) is 35.0 Å². The molecule has 1 aromatic carbocycles. The molecule has 1 atom stereocenters. The van der Waals surface area contributed by atoms with E-state index in [-0.39, 0.29) is 43.2 Å². The highest BCUT2D eigenvalue weighted by Crippen LogP contribution is 2.28. The Labute approximate surface area is 152 Å². The monoisotopic (exact) mass is 377 g/mol. The number of carbonyl (C=O) groups is 1. The van der Waals surface area contributed by atoms with Gasteiger partial charge in [0.15, 0.2) is 0 Å². The summed E-state index contributed by atoms with van der Waals surface area (Å²) in [6.45, 7) is 2.15. The molecule has 0 radical (unpaired) electrons. The summed E-state index contributed by atoms with van der Waals surface area (Å²) < 4.78 is 4.78. The average Bonchev–Trinajstić information content (AvgIpc) is 3.01. The number of nitrogens with one attached hydrogen (secondary N) is 1. The summed E-state index contributed by atoms with van der Waals surface area (Å²) in [7, 11) is 0. The fourth-order valence-corrected chi connectivity index (χ4v) is 2.87. The third-order valence-electron chi connectivity index (χ3n) is 3.65. The minimum Gasteiger partial charge on any atom is -0.364 e. The lowest BCUT2D eigenvalue weighted by Gasteiger charge is -2.37. The summed E-state index contributed by atoms with van der Waals surface area (Å²) in [5.41, 5.74) is 1.62. The fourth-order valence-electron chi connectivity index (χ4n) is 2.61. The molecule has 1 amide bonds. The first-order valence-corrected chi connectivity index (χ1v) is 7.27. The number of hydrogen-bond donors (Lipinski definition) is 1. The van der Waals surface area contributed by atoms with E-state index in [9.17, 15) is 4.79 Å². The molecule has 2 heterocycles. The van der Waals surface area contributed by atoms with Gasteiger partial charge in [-0.2, -0.15) is 0 Å². The number of carbonyl (C=O) groups excluding carboxylic acids is 1. The smallest absolute Gasteiger partial charge is 0.229 e. The van der Waals surface area contributed by atoms with E-state index >= 15 is 0 Å². The maximum atomic E-state index is 12.5. The first kappa shape index (κ1) is 19.8. The van der Waals surface area contributed by atoms with Gasteiger partial charge in [0.1, 0.15) is 6.26 Å². The molecule has 1 aliphatic rings. The van der Waals surface area contributed by atoms with Crippen LogP contribution in [0, 0.1) is 0 Å². The third-order valence-corrected chi connectivity index (χ3v) is 4.00. The van der Waals surface area contributed by atoms with Gasteiger partial charge in [0.2, 0.25) is 5.91 Å². The standard InChI is InChI=1S/C15H16ClN3O2.2ClH/c16-13-4-2-1-3-12(13)14-10-17-6-7-19(14)15(20)9-11-5-8-21-18-11;;/h1-5,8,14,17H,6-7,9-10H2;2*1H. The maximum Gasteiger partial charge on any atom is 0.229 e. The van der Waals surface area contributed by atoms with Gasteiger partial charge in [-0.3, -0.25) is 4.79 Å². The molecule has 3 rings (SSSR count). The van der Waals surface area contributed by atoms with E-state index in [1.165, 1.54) is 6.26 Å². The van der Waals surface area contributed by atoms with Crippen LogP contribution in [0.15, 0.2) is 41.1 Å². The van der Waals surface area contributed by atoms with Crippen molar-refractivity contribution in [2.45, 2.75) is 12.5 Å². The quantitative estimate of drug-likeness (QED) is 0.892. The van der Waals surface area contributed by atoms with Gasteiger partial charge in [0.25, 0.3) is 0 Å². The lowest BCUT2D eigenvalue weighted by atomic mass is 10.0. The summed E-state index contributed by atoms with van der Waals surface area (Å²) in [5.74, 6) is 0.0373. The lowest BCUT2D eigenvalue weighted by Crippen LogP contribution is -2.49. The van der Waals surface area contributed by atoms with E-state index in [2.05, 4.69) is 10.5 Å². The van der Waals surface area contributed by atoms with Crippen LogP contribution in [0.5, 0.6) is 0 Å². The maximum absolute atomic E-state index is 12.5. The van der Waals surface area contributed by atoms with Crippen molar-refractivity contribution in [1.82, 2.24) is 15.4 Å². The van der Waals surface area contributed by atoms with Crippen molar-refractivity contribution >= 4 is 42.3 Å². The third kappa shape index (κ3) is 4.61. The number of rotatable bonds is 3. The van der Waals surface area contributed by atoms with Crippen LogP contribution in [0.4, 0.5) is 0 Å². The van der Waals surface area contributed by atoms with Crippen molar-refractivity contribution in [1.29, 1.82) is 0 Å². The molecular formula is C15H18Cl3N3O2. The van der Waals surface area contributed by atoms with Crippen molar-refractivity contribution in [2.75, 3.05) is 19.6 Å². The van der Waals surface area contributed by atoms with Crippen molar-refractivity contribution in [2.24, 2.45) is 0 Å². The Morgan fingerprint density at radius 3 is 2.83 bits per heavy atom. The summed E-state index contributed by atoms with van der Waals surface area (Å²) in [5, 5.41) is 7.81. The predicted octanol–water partition coefficient (Wildman–Crippen LogP) is 2.89. The van der Waals surface area contributed by atoms with Crippen LogP contribution < -0.4 is 5.32 Å². The molecule has 0 bridgehead atoms. The molecule has 2 aromatic rings. The molecule has 0 spiro atoms. The van der Waals surface area contributed by atoms with Crippen LogP contribution >= 0.6 is 36.4 Å². The van der Waals surface area contributed by atoms with E-state index in [1.807, 2.05) is 29.2 Å². The van der Waals surface area contributed by atoms with Crippen molar-refractivity contribution in [3.05, 3.63) is 52.9 Å². The van der Waals surface area contributed by atoms with Gasteiger partial charge in [-0.25, -0.2) is 0 Å². The van der Waals surface area contributed by atoms with Crippen LogP contribution in [0.25, 0.3) is 0 Å². The Morgan fingerprint density at radius 1 is 1.35 bits per heavy atom. The SMILES string of the molecule is Cl.Cl.O=C(Cc1ccon1)N1CCNCC1c1ccccc1Cl. The number of nitrogens with zero attached hydrogens (tertiary/aromatic N) is 2. The fraction of sp³-hybridized carbons (Fsp3) is 0.333. The number of amides is 1. The average molecular weight is 379 g/mol. The summed E-state index contributed by atoms with van der Waals surface area (Å²) in [6, 6.07) is 9.32. The zero-order chi connectivity index (χ0) is 14.7. The van der Waals surface area contributed by atoms with Gasteiger partial charge < -0.3 is 14.7 Å². The highest BCUT2D eigenvalue weighted by atomic mass is 35.5. The van der Waals surface area contributed by atoms with Crippen LogP contribution in [0.1, 0.15) is 17.3 Å². The molecule has 1 fully saturated rings. The second-order valence-corrected chi connectivity index (χ2v) is 5.40. The first-order chi connectivity index (χ1) is 10.3. The van der Waals surface area contributed by atoms with Gasteiger partial charge in [0.05, 0.1) is 18.2 Å². The number of aromatic nitrogens is 1. The summed E-state index contributed by atoms with van der Waals surface area (Å²) in [6.07, 6.45) is 1.73. The Morgan fingerprint density at radius 2 is 2.13 bits per heavy atom. The Balaban J connectivity index is 0.00000132. The molecule has 23 heavy (non-hydrogen) atoms. The second-order valence-electron chi connectivity index (χ2n) is 5.00. The molecule has 1 saturated heterocycles. The highest BCUT2D eigenvalue weighted by molar-refractivity contribution is 6.31. The Bertz CT molecular complexity index is 622. The predicted molar refractivity (Wildman–Crippen MR) is 93.5 cm³/mol. The van der Waals surface area contributed by atoms with E-state index in [0.29, 0.717) is 23.8 Å². The number of halogens is 3. The first-order valence-electron chi connectivity index (χ1n) is 6.89. The highest BCUT2D eigenvalue weighted by Gasteiger charge is 2.29. The molecule has 8 heteroatoms. The molecule has 0 aliphatic carbocycles. The topological polar surface area (TPSA) is 58.4 Å². The van der Waals surface area contributed by atoms with Crippen molar-refractivity contribution in [3.63, 3.8) is 0 Å². The van der Waals surface area contributed by atoms with Crippen LogP contribution in [0.3, 0.4) is 0 Å². The van der Waals surface area contributed by atoms with Gasteiger partial charge >= 0.3 is 0 Å². The molecule has 5 nitrogen and oxygen atoms in total. The van der Waals surface area contributed by atoms with Crippen molar-refractivity contribution < 1.29 is 9.32 Å². The number of piperazine rings is 1. The normalized spacial score (nSPS) is 17.1. The zero-order valence-electron chi connectivity index (χ0n) is 12.3. The van der Waals surface area contributed by atoms with Crippen LogP contribution in [0.2, 0.25) is 5.02 Å². The van der Waals surface area contributed by atoms with E-state index < -0.39 is 0 Å². The minimum absolute atomic E-state index is 0. The Kier molecular flexibility index (Phi) is 7.85.